The SMILES string of the molecule is CCNC(=NCCC(=O)N(CC)CC)NCCc1coc(-c2ccc(F)cc2)n1. The van der Waals surface area contributed by atoms with Crippen LogP contribution in [0.15, 0.2) is 39.9 Å². The summed E-state index contributed by atoms with van der Waals surface area (Å²) >= 11 is 0. The zero-order valence-electron chi connectivity index (χ0n) is 17.4. The van der Waals surface area contributed by atoms with Crippen LogP contribution in [0.4, 0.5) is 4.39 Å². The van der Waals surface area contributed by atoms with Crippen molar-refractivity contribution in [1.82, 2.24) is 20.5 Å². The molecule has 7 nitrogen and oxygen atoms in total. The van der Waals surface area contributed by atoms with Crippen LogP contribution in [0, 0.1) is 5.82 Å². The fraction of sp³-hybridized carbons (Fsp3) is 0.476. The van der Waals surface area contributed by atoms with Gasteiger partial charge in [-0.1, -0.05) is 0 Å². The van der Waals surface area contributed by atoms with Crippen molar-refractivity contribution in [3.63, 3.8) is 0 Å². The van der Waals surface area contributed by atoms with E-state index < -0.39 is 0 Å². The lowest BCUT2D eigenvalue weighted by atomic mass is 10.2. The minimum Gasteiger partial charge on any atom is -0.444 e. The number of nitrogens with zero attached hydrogens (tertiary/aromatic N) is 3. The lowest BCUT2D eigenvalue weighted by Crippen LogP contribution is -2.38. The molecule has 1 aromatic carbocycles. The summed E-state index contributed by atoms with van der Waals surface area (Å²) < 4.78 is 18.5. The van der Waals surface area contributed by atoms with E-state index in [1.807, 2.05) is 20.8 Å². The largest absolute Gasteiger partial charge is 0.444 e. The molecule has 158 valence electrons. The molecule has 0 radical (unpaired) electrons. The lowest BCUT2D eigenvalue weighted by Gasteiger charge is -2.18. The monoisotopic (exact) mass is 403 g/mol. The van der Waals surface area contributed by atoms with Crippen LogP contribution in [0.25, 0.3) is 11.5 Å². The summed E-state index contributed by atoms with van der Waals surface area (Å²) in [6.07, 6.45) is 2.64. The Morgan fingerprint density at radius 1 is 1.17 bits per heavy atom. The Labute approximate surface area is 171 Å². The molecule has 1 heterocycles. The molecule has 0 bridgehead atoms. The molecule has 0 aliphatic heterocycles. The highest BCUT2D eigenvalue weighted by molar-refractivity contribution is 5.80. The molecule has 2 rings (SSSR count). The standard InChI is InChI=1S/C21H30FN5O2/c1-4-23-21(25-14-12-19(28)27(5-2)6-3)24-13-11-18-15-29-20(26-18)16-7-9-17(22)10-8-16/h7-10,15H,4-6,11-14H2,1-3H3,(H2,23,24,25). The maximum atomic E-state index is 13.0. The number of carbonyl (C=O) groups excluding carboxylic acids is 1. The summed E-state index contributed by atoms with van der Waals surface area (Å²) in [4.78, 5) is 22.8. The summed E-state index contributed by atoms with van der Waals surface area (Å²) in [7, 11) is 0. The Morgan fingerprint density at radius 2 is 1.90 bits per heavy atom. The first-order chi connectivity index (χ1) is 14.1. The van der Waals surface area contributed by atoms with Crippen LogP contribution in [-0.4, -0.2) is 54.5 Å². The Bertz CT molecular complexity index is 785. The summed E-state index contributed by atoms with van der Waals surface area (Å²) in [5.74, 6) is 0.960. The smallest absolute Gasteiger partial charge is 0.226 e. The number of carbonyl (C=O) groups is 1. The van der Waals surface area contributed by atoms with Gasteiger partial charge in [0.05, 0.1) is 12.2 Å². The third kappa shape index (κ3) is 7.21. The average molecular weight is 404 g/mol. The van der Waals surface area contributed by atoms with Gasteiger partial charge in [0, 0.05) is 44.6 Å². The average Bonchev–Trinajstić information content (AvgIpc) is 3.18. The van der Waals surface area contributed by atoms with Crippen LogP contribution in [-0.2, 0) is 11.2 Å². The van der Waals surface area contributed by atoms with Gasteiger partial charge in [-0.15, -0.1) is 0 Å². The molecule has 2 aromatic rings. The first-order valence-corrected chi connectivity index (χ1v) is 10.1. The maximum absolute atomic E-state index is 13.0. The summed E-state index contributed by atoms with van der Waals surface area (Å²) in [5.41, 5.74) is 1.53. The van der Waals surface area contributed by atoms with Gasteiger partial charge in [0.2, 0.25) is 11.8 Å². The van der Waals surface area contributed by atoms with Crippen LogP contribution in [0.2, 0.25) is 0 Å². The number of oxazole rings is 1. The number of hydrogen-bond acceptors (Lipinski definition) is 4. The van der Waals surface area contributed by atoms with Gasteiger partial charge in [0.15, 0.2) is 5.96 Å². The molecule has 0 aliphatic rings. The van der Waals surface area contributed by atoms with E-state index in [-0.39, 0.29) is 11.7 Å². The van der Waals surface area contributed by atoms with E-state index in [1.165, 1.54) is 12.1 Å². The highest BCUT2D eigenvalue weighted by Gasteiger charge is 2.09. The molecule has 0 fully saturated rings. The van der Waals surface area contributed by atoms with E-state index in [0.717, 1.165) is 30.9 Å². The molecular formula is C21H30FN5O2. The zero-order chi connectivity index (χ0) is 21.1. The second kappa shape index (κ2) is 11.8. The quantitative estimate of drug-likeness (QED) is 0.471. The van der Waals surface area contributed by atoms with Crippen molar-refractivity contribution in [2.45, 2.75) is 33.6 Å². The lowest BCUT2D eigenvalue weighted by molar-refractivity contribution is -0.130. The summed E-state index contributed by atoms with van der Waals surface area (Å²) in [6.45, 7) is 9.15. The van der Waals surface area contributed by atoms with Gasteiger partial charge in [-0.2, -0.15) is 0 Å². The third-order valence-electron chi connectivity index (χ3n) is 4.37. The number of amides is 1. The Kier molecular flexibility index (Phi) is 9.14. The Balaban J connectivity index is 1.83. The van der Waals surface area contributed by atoms with Gasteiger partial charge in [0.25, 0.3) is 0 Å². The van der Waals surface area contributed by atoms with E-state index in [2.05, 4.69) is 20.6 Å². The second-order valence-corrected chi connectivity index (χ2v) is 6.40. The van der Waals surface area contributed by atoms with Gasteiger partial charge in [-0.3, -0.25) is 9.79 Å². The fourth-order valence-electron chi connectivity index (χ4n) is 2.80. The molecule has 2 N–H and O–H groups in total. The zero-order valence-corrected chi connectivity index (χ0v) is 17.4. The number of aromatic nitrogens is 1. The van der Waals surface area contributed by atoms with Crippen LogP contribution in [0.1, 0.15) is 32.9 Å². The van der Waals surface area contributed by atoms with Crippen molar-refractivity contribution in [1.29, 1.82) is 0 Å². The highest BCUT2D eigenvalue weighted by atomic mass is 19.1. The van der Waals surface area contributed by atoms with Crippen molar-refractivity contribution < 1.29 is 13.6 Å². The molecule has 0 saturated heterocycles. The third-order valence-corrected chi connectivity index (χ3v) is 4.37. The Morgan fingerprint density at radius 3 is 2.55 bits per heavy atom. The predicted molar refractivity (Wildman–Crippen MR) is 112 cm³/mol. The summed E-state index contributed by atoms with van der Waals surface area (Å²) in [6, 6.07) is 6.03. The van der Waals surface area contributed by atoms with Crippen molar-refractivity contribution >= 4 is 11.9 Å². The second-order valence-electron chi connectivity index (χ2n) is 6.40. The number of aliphatic imine (C=N–C) groups is 1. The first-order valence-electron chi connectivity index (χ1n) is 10.1. The van der Waals surface area contributed by atoms with Gasteiger partial charge in [0.1, 0.15) is 12.1 Å². The van der Waals surface area contributed by atoms with Gasteiger partial charge >= 0.3 is 0 Å². The van der Waals surface area contributed by atoms with Gasteiger partial charge in [-0.05, 0) is 45.0 Å². The number of nitrogens with one attached hydrogen (secondary N) is 2. The number of benzene rings is 1. The number of rotatable bonds is 10. The molecular weight excluding hydrogens is 373 g/mol. The van der Waals surface area contributed by atoms with Crippen LogP contribution < -0.4 is 10.6 Å². The van der Waals surface area contributed by atoms with E-state index in [9.17, 15) is 9.18 Å². The molecule has 0 spiro atoms. The fourth-order valence-corrected chi connectivity index (χ4v) is 2.80. The molecule has 0 atom stereocenters. The van der Waals surface area contributed by atoms with E-state index >= 15 is 0 Å². The first kappa shape index (κ1) is 22.4. The minimum atomic E-state index is -0.293. The maximum Gasteiger partial charge on any atom is 0.226 e. The topological polar surface area (TPSA) is 82.8 Å². The van der Waals surface area contributed by atoms with Gasteiger partial charge < -0.3 is 20.0 Å². The number of halogens is 1. The molecule has 1 amide bonds. The molecule has 0 saturated carbocycles. The molecule has 1 aromatic heterocycles. The van der Waals surface area contributed by atoms with E-state index in [1.54, 1.807) is 23.3 Å². The Hall–Kier alpha value is -2.90. The molecule has 0 unspecified atom stereocenters. The minimum absolute atomic E-state index is 0.116. The number of hydrogen-bond donors (Lipinski definition) is 2. The predicted octanol–water partition coefficient (Wildman–Crippen LogP) is 2.84. The summed E-state index contributed by atoms with van der Waals surface area (Å²) in [5, 5.41) is 6.41. The molecule has 0 aliphatic carbocycles. The van der Waals surface area contributed by atoms with Crippen molar-refractivity contribution in [3.8, 4) is 11.5 Å². The van der Waals surface area contributed by atoms with E-state index in [0.29, 0.717) is 37.8 Å². The van der Waals surface area contributed by atoms with Crippen LogP contribution >= 0.6 is 0 Å². The van der Waals surface area contributed by atoms with E-state index in [4.69, 9.17) is 4.42 Å². The van der Waals surface area contributed by atoms with Crippen LogP contribution in [0.3, 0.4) is 0 Å². The molecule has 29 heavy (non-hydrogen) atoms. The van der Waals surface area contributed by atoms with Crippen molar-refractivity contribution in [2.75, 3.05) is 32.7 Å². The highest BCUT2D eigenvalue weighted by Crippen LogP contribution is 2.18. The van der Waals surface area contributed by atoms with Crippen molar-refractivity contribution in [2.24, 2.45) is 4.99 Å². The molecule has 8 heteroatoms. The normalized spacial score (nSPS) is 11.4. The number of guanidine groups is 1. The van der Waals surface area contributed by atoms with Crippen molar-refractivity contribution in [3.05, 3.63) is 42.0 Å². The van der Waals surface area contributed by atoms with Gasteiger partial charge in [-0.25, -0.2) is 9.37 Å². The van der Waals surface area contributed by atoms with Crippen LogP contribution in [0.5, 0.6) is 0 Å².